The van der Waals surface area contributed by atoms with Gasteiger partial charge in [-0.25, -0.2) is 4.98 Å². The van der Waals surface area contributed by atoms with Crippen molar-refractivity contribution in [3.63, 3.8) is 0 Å². The highest BCUT2D eigenvalue weighted by atomic mass is 19.4. The highest BCUT2D eigenvalue weighted by Gasteiger charge is 2.33. The Kier molecular flexibility index (Phi) is 6.22. The van der Waals surface area contributed by atoms with Crippen LogP contribution in [-0.2, 0) is 17.4 Å². The first-order valence-electron chi connectivity index (χ1n) is 11.7. The Morgan fingerprint density at radius 3 is 2.58 bits per heavy atom. The number of aryl methyl sites for hydroxylation is 2. The third-order valence-corrected chi connectivity index (χ3v) is 6.25. The summed E-state index contributed by atoms with van der Waals surface area (Å²) in [5.74, 6) is -0.451. The summed E-state index contributed by atoms with van der Waals surface area (Å²) in [6, 6.07) is 23.1. The van der Waals surface area contributed by atoms with E-state index in [9.17, 15) is 18.0 Å². The minimum absolute atomic E-state index is 0.0925. The van der Waals surface area contributed by atoms with Gasteiger partial charge in [-0.1, -0.05) is 48.0 Å². The number of H-pyrrole nitrogens is 1. The van der Waals surface area contributed by atoms with Crippen molar-refractivity contribution < 1.29 is 18.0 Å². The van der Waals surface area contributed by atoms with Crippen LogP contribution in [0.1, 0.15) is 29.5 Å². The van der Waals surface area contributed by atoms with E-state index in [0.29, 0.717) is 12.8 Å². The smallest absolute Gasteiger partial charge is 0.353 e. The van der Waals surface area contributed by atoms with Crippen molar-refractivity contribution in [1.82, 2.24) is 9.97 Å². The maximum Gasteiger partial charge on any atom is 0.418 e. The average molecular weight is 488 g/mol. The largest absolute Gasteiger partial charge is 0.418 e. The predicted molar refractivity (Wildman–Crippen MR) is 137 cm³/mol. The maximum absolute atomic E-state index is 13.3. The molecule has 0 unspecified atom stereocenters. The number of amides is 1. The van der Waals surface area contributed by atoms with E-state index < -0.39 is 17.6 Å². The first-order chi connectivity index (χ1) is 17.3. The summed E-state index contributed by atoms with van der Waals surface area (Å²) in [6.07, 6.45) is -3.40. The summed E-state index contributed by atoms with van der Waals surface area (Å²) in [7, 11) is 0. The summed E-state index contributed by atoms with van der Waals surface area (Å²) in [5, 5.41) is 4.54. The number of benzene rings is 3. The van der Waals surface area contributed by atoms with Crippen LogP contribution in [0.15, 0.2) is 78.9 Å². The van der Waals surface area contributed by atoms with Crippen molar-refractivity contribution in [2.75, 3.05) is 5.32 Å². The minimum Gasteiger partial charge on any atom is -0.353 e. The molecule has 5 aromatic rings. The standard InChI is InChI=1S/C29H24F3N3O/c1-18-13-15-24-21(17-18)20(28(35-24)26-16-14-19-7-2-4-10-23(19)33-26)8-6-12-27(36)34-25-11-5-3-9-22(25)29(30,31)32/h2-5,7,9-11,13-17,35H,6,8,12H2,1H3,(H,34,36). The van der Waals surface area contributed by atoms with Crippen LogP contribution in [0.25, 0.3) is 33.2 Å². The van der Waals surface area contributed by atoms with Crippen LogP contribution in [0.5, 0.6) is 0 Å². The topological polar surface area (TPSA) is 57.8 Å². The van der Waals surface area contributed by atoms with Gasteiger partial charge in [0, 0.05) is 22.7 Å². The third-order valence-electron chi connectivity index (χ3n) is 6.25. The number of halogens is 3. The van der Waals surface area contributed by atoms with Crippen molar-refractivity contribution in [3.05, 3.63) is 95.6 Å². The molecule has 4 nitrogen and oxygen atoms in total. The number of carbonyl (C=O) groups excluding carboxylic acids is 1. The van der Waals surface area contributed by atoms with E-state index in [2.05, 4.69) is 16.4 Å². The number of aromatic nitrogens is 2. The summed E-state index contributed by atoms with van der Waals surface area (Å²) >= 11 is 0. The molecule has 5 rings (SSSR count). The number of carbonyl (C=O) groups is 1. The van der Waals surface area contributed by atoms with E-state index >= 15 is 0 Å². The highest BCUT2D eigenvalue weighted by molar-refractivity contribution is 5.93. The molecular weight excluding hydrogens is 463 g/mol. The Morgan fingerprint density at radius 1 is 0.972 bits per heavy atom. The maximum atomic E-state index is 13.3. The van der Waals surface area contributed by atoms with Crippen LogP contribution in [0.4, 0.5) is 18.9 Å². The van der Waals surface area contributed by atoms with E-state index in [1.807, 2.05) is 55.5 Å². The lowest BCUT2D eigenvalue weighted by atomic mass is 10.0. The van der Waals surface area contributed by atoms with Crippen molar-refractivity contribution in [2.45, 2.75) is 32.4 Å². The second-order valence-corrected chi connectivity index (χ2v) is 8.86. The molecule has 0 aliphatic rings. The van der Waals surface area contributed by atoms with Gasteiger partial charge < -0.3 is 10.3 Å². The average Bonchev–Trinajstić information content (AvgIpc) is 3.21. The number of hydrogen-bond donors (Lipinski definition) is 2. The Balaban J connectivity index is 1.39. The lowest BCUT2D eigenvalue weighted by molar-refractivity contribution is -0.137. The fraction of sp³-hybridized carbons (Fsp3) is 0.172. The number of anilines is 1. The fourth-order valence-electron chi connectivity index (χ4n) is 4.52. The van der Waals surface area contributed by atoms with Gasteiger partial charge in [0.1, 0.15) is 0 Å². The number of aromatic amines is 1. The summed E-state index contributed by atoms with van der Waals surface area (Å²) in [4.78, 5) is 20.9. The molecule has 0 saturated heterocycles. The number of pyridine rings is 1. The van der Waals surface area contributed by atoms with Crippen molar-refractivity contribution in [3.8, 4) is 11.4 Å². The number of hydrogen-bond acceptors (Lipinski definition) is 2. The molecule has 7 heteroatoms. The lowest BCUT2D eigenvalue weighted by Crippen LogP contribution is -2.16. The Morgan fingerprint density at radius 2 is 1.75 bits per heavy atom. The molecule has 0 spiro atoms. The Labute approximate surface area is 206 Å². The number of nitrogens with one attached hydrogen (secondary N) is 2. The summed E-state index contributed by atoms with van der Waals surface area (Å²) in [6.45, 7) is 2.02. The summed E-state index contributed by atoms with van der Waals surface area (Å²) in [5.41, 5.74) is 4.64. The predicted octanol–water partition coefficient (Wildman–Crippen LogP) is 7.67. The fourth-order valence-corrected chi connectivity index (χ4v) is 4.52. The molecule has 0 aliphatic heterocycles. The second kappa shape index (κ2) is 9.49. The number of nitrogens with zero attached hydrogens (tertiary/aromatic N) is 1. The molecule has 2 N–H and O–H groups in total. The molecule has 182 valence electrons. The van der Waals surface area contributed by atoms with Crippen LogP contribution in [0.2, 0.25) is 0 Å². The van der Waals surface area contributed by atoms with Crippen molar-refractivity contribution >= 4 is 33.4 Å². The molecule has 3 aromatic carbocycles. The molecular formula is C29H24F3N3O. The summed E-state index contributed by atoms with van der Waals surface area (Å²) < 4.78 is 39.8. The molecule has 0 saturated carbocycles. The normalized spacial score (nSPS) is 11.8. The van der Waals surface area contributed by atoms with E-state index in [0.717, 1.165) is 50.4 Å². The zero-order chi connectivity index (χ0) is 25.3. The second-order valence-electron chi connectivity index (χ2n) is 8.86. The Hall–Kier alpha value is -4.13. The van der Waals surface area contributed by atoms with Gasteiger partial charge in [-0.05, 0) is 61.7 Å². The van der Waals surface area contributed by atoms with Crippen LogP contribution in [0, 0.1) is 6.92 Å². The molecule has 1 amide bonds. The number of rotatable bonds is 6. The SMILES string of the molecule is Cc1ccc2[nH]c(-c3ccc4ccccc4n3)c(CCCC(=O)Nc3ccccc3C(F)(F)F)c2c1. The van der Waals surface area contributed by atoms with Gasteiger partial charge in [-0.15, -0.1) is 0 Å². The van der Waals surface area contributed by atoms with Crippen molar-refractivity contribution in [1.29, 1.82) is 0 Å². The van der Waals surface area contributed by atoms with E-state index in [-0.39, 0.29) is 12.1 Å². The molecule has 0 fully saturated rings. The zero-order valence-electron chi connectivity index (χ0n) is 19.6. The lowest BCUT2D eigenvalue weighted by Gasteiger charge is -2.13. The molecule has 2 aromatic heterocycles. The molecule has 0 atom stereocenters. The van der Waals surface area contributed by atoms with Gasteiger partial charge in [0.2, 0.25) is 5.91 Å². The molecule has 36 heavy (non-hydrogen) atoms. The van der Waals surface area contributed by atoms with Gasteiger partial charge >= 0.3 is 6.18 Å². The number of alkyl halides is 3. The van der Waals surface area contributed by atoms with Crippen molar-refractivity contribution in [2.24, 2.45) is 0 Å². The zero-order valence-corrected chi connectivity index (χ0v) is 19.6. The van der Waals surface area contributed by atoms with Gasteiger partial charge in [0.15, 0.2) is 0 Å². The van der Waals surface area contributed by atoms with Crippen LogP contribution in [0.3, 0.4) is 0 Å². The molecule has 0 aliphatic carbocycles. The van der Waals surface area contributed by atoms with Gasteiger partial charge in [0.05, 0.1) is 28.2 Å². The van der Waals surface area contributed by atoms with Gasteiger partial charge in [0.25, 0.3) is 0 Å². The number of fused-ring (bicyclic) bond motifs is 2. The van der Waals surface area contributed by atoms with E-state index in [4.69, 9.17) is 4.98 Å². The quantitative estimate of drug-likeness (QED) is 0.258. The van der Waals surface area contributed by atoms with Crippen LogP contribution in [-0.4, -0.2) is 15.9 Å². The van der Waals surface area contributed by atoms with E-state index in [1.165, 1.54) is 18.2 Å². The third kappa shape index (κ3) is 4.82. The van der Waals surface area contributed by atoms with Gasteiger partial charge in [-0.3, -0.25) is 4.79 Å². The molecule has 0 bridgehead atoms. The van der Waals surface area contributed by atoms with E-state index in [1.54, 1.807) is 0 Å². The van der Waals surface area contributed by atoms with Crippen LogP contribution >= 0.6 is 0 Å². The molecule has 2 heterocycles. The number of para-hydroxylation sites is 2. The first-order valence-corrected chi connectivity index (χ1v) is 11.7. The van der Waals surface area contributed by atoms with Crippen LogP contribution < -0.4 is 5.32 Å². The Bertz CT molecular complexity index is 1570. The highest BCUT2D eigenvalue weighted by Crippen LogP contribution is 2.35. The minimum atomic E-state index is -4.53. The molecule has 0 radical (unpaired) electrons. The van der Waals surface area contributed by atoms with Gasteiger partial charge in [-0.2, -0.15) is 13.2 Å². The monoisotopic (exact) mass is 487 g/mol. The first kappa shape index (κ1) is 23.6.